The summed E-state index contributed by atoms with van der Waals surface area (Å²) < 4.78 is 29.9. The fourth-order valence-electron chi connectivity index (χ4n) is 3.15. The Labute approximate surface area is 180 Å². The molecule has 1 aromatic rings. The van der Waals surface area contributed by atoms with Crippen molar-refractivity contribution in [2.45, 2.75) is 83.1 Å². The minimum absolute atomic E-state index is 0.0692. The van der Waals surface area contributed by atoms with Gasteiger partial charge in [-0.15, -0.1) is 0 Å². The molecule has 0 aromatic heterocycles. The largest absolute Gasteiger partial charge is 0.457 e. The highest BCUT2D eigenvalue weighted by molar-refractivity contribution is 6.74. The van der Waals surface area contributed by atoms with Gasteiger partial charge in [0.05, 0.1) is 13.2 Å². The maximum atomic E-state index is 12.0. The van der Waals surface area contributed by atoms with Crippen LogP contribution in [0.1, 0.15) is 33.3 Å². The van der Waals surface area contributed by atoms with Crippen LogP contribution in [-0.2, 0) is 34.8 Å². The molecule has 1 fully saturated rings. The molecule has 0 amide bonds. The Hall–Kier alpha value is -1.29. The molecule has 8 heteroatoms. The standard InChI is InChI=1S/C22H36O7Si/c1-15(24)27-19-18(26-14-16-11-9-8-10-12-16)17(13-23)28-21(25-5)20(19)29-30(6,7)22(2,3)4/h8-12,17-21,23H,13-14H2,1-7H3/t17-,18-,19+,20-,21+/m1/s1. The average molecular weight is 441 g/mol. The van der Waals surface area contributed by atoms with E-state index in [1.165, 1.54) is 14.0 Å². The molecule has 5 atom stereocenters. The molecule has 0 spiro atoms. The molecular formula is C22H36O7Si. The van der Waals surface area contributed by atoms with Crippen molar-refractivity contribution >= 4 is 14.3 Å². The Balaban J connectivity index is 2.35. The molecule has 1 heterocycles. The van der Waals surface area contributed by atoms with E-state index in [2.05, 4.69) is 33.9 Å². The van der Waals surface area contributed by atoms with Crippen molar-refractivity contribution in [3.63, 3.8) is 0 Å². The molecule has 170 valence electrons. The molecular weight excluding hydrogens is 404 g/mol. The summed E-state index contributed by atoms with van der Waals surface area (Å²) in [6, 6.07) is 9.67. The molecule has 1 aromatic carbocycles. The Morgan fingerprint density at radius 1 is 1.13 bits per heavy atom. The molecule has 0 saturated carbocycles. The Morgan fingerprint density at radius 2 is 1.77 bits per heavy atom. The zero-order valence-electron chi connectivity index (χ0n) is 19.1. The smallest absolute Gasteiger partial charge is 0.303 e. The topological polar surface area (TPSA) is 83.5 Å². The van der Waals surface area contributed by atoms with Crippen molar-refractivity contribution < 1.29 is 33.3 Å². The third kappa shape index (κ3) is 6.12. The van der Waals surface area contributed by atoms with E-state index >= 15 is 0 Å². The molecule has 1 saturated heterocycles. The average Bonchev–Trinajstić information content (AvgIpc) is 2.67. The highest BCUT2D eigenvalue weighted by atomic mass is 28.4. The van der Waals surface area contributed by atoms with Gasteiger partial charge >= 0.3 is 5.97 Å². The van der Waals surface area contributed by atoms with Crippen LogP contribution in [0.4, 0.5) is 0 Å². The number of hydrogen-bond acceptors (Lipinski definition) is 7. The lowest BCUT2D eigenvalue weighted by atomic mass is 9.98. The Morgan fingerprint density at radius 3 is 2.27 bits per heavy atom. The second-order valence-corrected chi connectivity index (χ2v) is 13.9. The first-order chi connectivity index (χ1) is 14.0. The molecule has 2 rings (SSSR count). The molecule has 0 unspecified atom stereocenters. The summed E-state index contributed by atoms with van der Waals surface area (Å²) in [7, 11) is -0.750. The highest BCUT2D eigenvalue weighted by Crippen LogP contribution is 2.40. The number of carbonyl (C=O) groups excluding carboxylic acids is 1. The maximum Gasteiger partial charge on any atom is 0.303 e. The van der Waals surface area contributed by atoms with Gasteiger partial charge in [0.25, 0.3) is 0 Å². The summed E-state index contributed by atoms with van der Waals surface area (Å²) in [5, 5.41) is 9.87. The second kappa shape index (κ2) is 10.3. The van der Waals surface area contributed by atoms with E-state index in [1.807, 2.05) is 30.3 Å². The predicted molar refractivity (Wildman–Crippen MR) is 115 cm³/mol. The van der Waals surface area contributed by atoms with Crippen molar-refractivity contribution in [2.24, 2.45) is 0 Å². The van der Waals surface area contributed by atoms with Gasteiger partial charge in [0.15, 0.2) is 20.7 Å². The summed E-state index contributed by atoms with van der Waals surface area (Å²) in [6.07, 6.45) is -3.68. The van der Waals surface area contributed by atoms with Crippen LogP contribution >= 0.6 is 0 Å². The summed E-state index contributed by atoms with van der Waals surface area (Å²) >= 11 is 0. The van der Waals surface area contributed by atoms with Gasteiger partial charge in [-0.3, -0.25) is 4.79 Å². The van der Waals surface area contributed by atoms with Gasteiger partial charge < -0.3 is 28.5 Å². The lowest BCUT2D eigenvalue weighted by Crippen LogP contribution is -2.64. The van der Waals surface area contributed by atoms with Gasteiger partial charge in [-0.2, -0.15) is 0 Å². The fraction of sp³-hybridized carbons (Fsp3) is 0.682. The molecule has 7 nitrogen and oxygen atoms in total. The first-order valence-electron chi connectivity index (χ1n) is 10.3. The van der Waals surface area contributed by atoms with Crippen LogP contribution < -0.4 is 0 Å². The molecule has 1 N–H and O–H groups in total. The van der Waals surface area contributed by atoms with Crippen molar-refractivity contribution in [3.8, 4) is 0 Å². The number of carbonyl (C=O) groups is 1. The van der Waals surface area contributed by atoms with Crippen LogP contribution in [0.5, 0.6) is 0 Å². The van der Waals surface area contributed by atoms with Gasteiger partial charge in [0, 0.05) is 14.0 Å². The van der Waals surface area contributed by atoms with Crippen molar-refractivity contribution in [1.82, 2.24) is 0 Å². The molecule has 0 radical (unpaired) electrons. The summed E-state index contributed by atoms with van der Waals surface area (Å²) in [5.41, 5.74) is 0.964. The predicted octanol–water partition coefficient (Wildman–Crippen LogP) is 3.26. The van der Waals surface area contributed by atoms with E-state index in [4.69, 9.17) is 23.4 Å². The number of ether oxygens (including phenoxy) is 4. The zero-order chi connectivity index (χ0) is 22.5. The number of aliphatic hydroxyl groups excluding tert-OH is 1. The Kier molecular flexibility index (Phi) is 8.61. The number of hydrogen-bond donors (Lipinski definition) is 1. The highest BCUT2D eigenvalue weighted by Gasteiger charge is 2.52. The molecule has 0 bridgehead atoms. The van der Waals surface area contributed by atoms with Gasteiger partial charge in [-0.25, -0.2) is 0 Å². The number of esters is 1. The van der Waals surface area contributed by atoms with E-state index in [-0.39, 0.29) is 18.3 Å². The lowest BCUT2D eigenvalue weighted by Gasteiger charge is -2.48. The SMILES string of the molecule is CO[C@H]1O[C@H](CO)[C@@H](OCc2ccccc2)[C@H](OC(C)=O)[C@H]1O[Si](C)(C)C(C)(C)C. The molecule has 30 heavy (non-hydrogen) atoms. The first-order valence-corrected chi connectivity index (χ1v) is 13.2. The lowest BCUT2D eigenvalue weighted by molar-refractivity contribution is -0.301. The first kappa shape index (κ1) is 25.0. The van der Waals surface area contributed by atoms with Gasteiger partial charge in [0.2, 0.25) is 0 Å². The number of methoxy groups -OCH3 is 1. The number of benzene rings is 1. The number of rotatable bonds is 8. The maximum absolute atomic E-state index is 12.0. The van der Waals surface area contributed by atoms with E-state index in [1.54, 1.807) is 0 Å². The molecule has 1 aliphatic heterocycles. The minimum Gasteiger partial charge on any atom is -0.457 e. The normalized spacial score (nSPS) is 27.7. The van der Waals surface area contributed by atoms with Crippen LogP contribution in [-0.4, -0.2) is 63.8 Å². The molecule has 1 aliphatic rings. The van der Waals surface area contributed by atoms with E-state index in [9.17, 15) is 9.90 Å². The van der Waals surface area contributed by atoms with Crippen LogP contribution in [0.3, 0.4) is 0 Å². The van der Waals surface area contributed by atoms with E-state index in [0.717, 1.165) is 5.56 Å². The molecule has 0 aliphatic carbocycles. The minimum atomic E-state index is -2.26. The fourth-order valence-corrected chi connectivity index (χ4v) is 4.43. The zero-order valence-corrected chi connectivity index (χ0v) is 20.1. The van der Waals surface area contributed by atoms with Crippen molar-refractivity contribution in [2.75, 3.05) is 13.7 Å². The van der Waals surface area contributed by atoms with Crippen LogP contribution in [0.15, 0.2) is 30.3 Å². The van der Waals surface area contributed by atoms with Gasteiger partial charge in [-0.1, -0.05) is 51.1 Å². The monoisotopic (exact) mass is 440 g/mol. The van der Waals surface area contributed by atoms with Gasteiger partial charge in [-0.05, 0) is 23.7 Å². The quantitative estimate of drug-likeness (QED) is 0.491. The van der Waals surface area contributed by atoms with Crippen LogP contribution in [0, 0.1) is 0 Å². The third-order valence-corrected chi connectivity index (χ3v) is 10.3. The van der Waals surface area contributed by atoms with E-state index in [0.29, 0.717) is 0 Å². The third-order valence-electron chi connectivity index (χ3n) is 5.83. The van der Waals surface area contributed by atoms with Crippen LogP contribution in [0.25, 0.3) is 0 Å². The van der Waals surface area contributed by atoms with Crippen molar-refractivity contribution in [1.29, 1.82) is 0 Å². The summed E-state index contributed by atoms with van der Waals surface area (Å²) in [6.45, 7) is 12.0. The summed E-state index contributed by atoms with van der Waals surface area (Å²) in [4.78, 5) is 12.0. The van der Waals surface area contributed by atoms with Crippen LogP contribution in [0.2, 0.25) is 18.1 Å². The number of aliphatic hydroxyl groups is 1. The van der Waals surface area contributed by atoms with E-state index < -0.39 is 45.0 Å². The Bertz CT molecular complexity index is 674. The second-order valence-electron chi connectivity index (χ2n) is 9.14. The van der Waals surface area contributed by atoms with Crippen molar-refractivity contribution in [3.05, 3.63) is 35.9 Å². The van der Waals surface area contributed by atoms with Gasteiger partial charge in [0.1, 0.15) is 18.3 Å². The summed E-state index contributed by atoms with van der Waals surface area (Å²) in [5.74, 6) is -0.453.